The normalized spacial score (nSPS) is 18.1. The molecule has 4 nitrogen and oxygen atoms in total. The van der Waals surface area contributed by atoms with Crippen molar-refractivity contribution in [3.63, 3.8) is 0 Å². The predicted octanol–water partition coefficient (Wildman–Crippen LogP) is 2.55. The molecule has 2 aromatic rings. The number of hydrogen-bond acceptors (Lipinski definition) is 3. The van der Waals surface area contributed by atoms with Gasteiger partial charge < -0.3 is 10.2 Å². The Morgan fingerprint density at radius 3 is 2.77 bits per heavy atom. The molecule has 0 bridgehead atoms. The summed E-state index contributed by atoms with van der Waals surface area (Å²) in [5.41, 5.74) is 1.21. The van der Waals surface area contributed by atoms with Crippen LogP contribution < -0.4 is 10.2 Å². The van der Waals surface area contributed by atoms with Crippen molar-refractivity contribution in [1.29, 1.82) is 0 Å². The molecular weight excluding hydrogens is 286 g/mol. The van der Waals surface area contributed by atoms with Crippen LogP contribution in [0.5, 0.6) is 0 Å². The molecule has 118 valence electrons. The SMILES string of the molecule is CCn1cc(CN[C@@H]2CCN(c3c(F)cccc3F)C2)cn1. The van der Waals surface area contributed by atoms with Crippen LogP contribution in [0.4, 0.5) is 14.5 Å². The Morgan fingerprint density at radius 2 is 2.09 bits per heavy atom. The highest BCUT2D eigenvalue weighted by Gasteiger charge is 2.26. The van der Waals surface area contributed by atoms with Crippen LogP contribution in [0, 0.1) is 11.6 Å². The fourth-order valence-corrected chi connectivity index (χ4v) is 2.85. The average Bonchev–Trinajstić information content (AvgIpc) is 3.14. The van der Waals surface area contributed by atoms with Gasteiger partial charge in [0.25, 0.3) is 0 Å². The second kappa shape index (κ2) is 6.44. The largest absolute Gasteiger partial charge is 0.365 e. The number of nitrogens with one attached hydrogen (secondary N) is 1. The lowest BCUT2D eigenvalue weighted by Crippen LogP contribution is -2.32. The Kier molecular flexibility index (Phi) is 4.38. The summed E-state index contributed by atoms with van der Waals surface area (Å²) in [6, 6.07) is 4.23. The van der Waals surface area contributed by atoms with Crippen molar-refractivity contribution >= 4 is 5.69 Å². The zero-order valence-electron chi connectivity index (χ0n) is 12.6. The summed E-state index contributed by atoms with van der Waals surface area (Å²) < 4.78 is 29.5. The second-order valence-electron chi connectivity index (χ2n) is 5.59. The lowest BCUT2D eigenvalue weighted by atomic mass is 10.2. The van der Waals surface area contributed by atoms with Crippen LogP contribution >= 0.6 is 0 Å². The quantitative estimate of drug-likeness (QED) is 0.921. The number of para-hydroxylation sites is 1. The third-order valence-corrected chi connectivity index (χ3v) is 4.05. The van der Waals surface area contributed by atoms with Crippen molar-refractivity contribution in [3.8, 4) is 0 Å². The van der Waals surface area contributed by atoms with Crippen molar-refractivity contribution in [1.82, 2.24) is 15.1 Å². The maximum Gasteiger partial charge on any atom is 0.149 e. The number of rotatable bonds is 5. The van der Waals surface area contributed by atoms with Gasteiger partial charge in [-0.25, -0.2) is 8.78 Å². The Hall–Kier alpha value is -1.95. The molecule has 1 aromatic heterocycles. The van der Waals surface area contributed by atoms with E-state index >= 15 is 0 Å². The molecule has 1 aliphatic rings. The second-order valence-corrected chi connectivity index (χ2v) is 5.59. The smallest absolute Gasteiger partial charge is 0.149 e. The van der Waals surface area contributed by atoms with Crippen molar-refractivity contribution in [2.45, 2.75) is 32.5 Å². The van der Waals surface area contributed by atoms with E-state index in [0.717, 1.165) is 25.1 Å². The van der Waals surface area contributed by atoms with Crippen LogP contribution in [0.15, 0.2) is 30.6 Å². The van der Waals surface area contributed by atoms with Gasteiger partial charge >= 0.3 is 0 Å². The van der Waals surface area contributed by atoms with E-state index in [1.165, 1.54) is 18.2 Å². The van der Waals surface area contributed by atoms with Gasteiger partial charge in [-0.05, 0) is 25.5 Å². The number of aromatic nitrogens is 2. The Morgan fingerprint density at radius 1 is 1.32 bits per heavy atom. The average molecular weight is 306 g/mol. The summed E-state index contributed by atoms with van der Waals surface area (Å²) in [6.45, 7) is 4.88. The van der Waals surface area contributed by atoms with Gasteiger partial charge in [0, 0.05) is 44.0 Å². The zero-order chi connectivity index (χ0) is 15.5. The maximum absolute atomic E-state index is 13.8. The topological polar surface area (TPSA) is 33.1 Å². The first-order chi connectivity index (χ1) is 10.7. The van der Waals surface area contributed by atoms with E-state index in [0.29, 0.717) is 13.1 Å². The third kappa shape index (κ3) is 3.11. The van der Waals surface area contributed by atoms with E-state index in [1.807, 2.05) is 24.0 Å². The van der Waals surface area contributed by atoms with Gasteiger partial charge in [0.1, 0.15) is 17.3 Å². The summed E-state index contributed by atoms with van der Waals surface area (Å²) >= 11 is 0. The van der Waals surface area contributed by atoms with Crippen LogP contribution in [0.2, 0.25) is 0 Å². The van der Waals surface area contributed by atoms with Crippen molar-refractivity contribution < 1.29 is 8.78 Å². The first-order valence-corrected chi connectivity index (χ1v) is 7.61. The summed E-state index contributed by atoms with van der Waals surface area (Å²) in [5, 5.41) is 7.67. The van der Waals surface area contributed by atoms with Crippen LogP contribution in [-0.4, -0.2) is 28.9 Å². The molecule has 0 unspecified atom stereocenters. The number of anilines is 1. The Labute approximate surface area is 128 Å². The van der Waals surface area contributed by atoms with Crippen LogP contribution in [0.25, 0.3) is 0 Å². The number of benzene rings is 1. The van der Waals surface area contributed by atoms with Gasteiger partial charge in [-0.1, -0.05) is 6.07 Å². The van der Waals surface area contributed by atoms with Crippen molar-refractivity contribution in [2.75, 3.05) is 18.0 Å². The van der Waals surface area contributed by atoms with Gasteiger partial charge in [-0.2, -0.15) is 5.10 Å². The molecular formula is C16H20F2N4. The molecule has 1 fully saturated rings. The highest BCUT2D eigenvalue weighted by Crippen LogP contribution is 2.26. The van der Waals surface area contributed by atoms with Crippen molar-refractivity contribution in [2.24, 2.45) is 0 Å². The monoisotopic (exact) mass is 306 g/mol. The lowest BCUT2D eigenvalue weighted by Gasteiger charge is -2.20. The Bertz CT molecular complexity index is 621. The number of hydrogen-bond donors (Lipinski definition) is 1. The molecule has 0 saturated carbocycles. The van der Waals surface area contributed by atoms with Gasteiger partial charge in [0.2, 0.25) is 0 Å². The molecule has 1 aromatic carbocycles. The molecule has 0 aliphatic carbocycles. The summed E-state index contributed by atoms with van der Waals surface area (Å²) in [6.07, 6.45) is 4.73. The minimum Gasteiger partial charge on any atom is -0.365 e. The number of halogens is 2. The van der Waals surface area contributed by atoms with Crippen LogP contribution in [0.1, 0.15) is 18.9 Å². The van der Waals surface area contributed by atoms with Gasteiger partial charge in [-0.3, -0.25) is 4.68 Å². The van der Waals surface area contributed by atoms with Crippen LogP contribution in [-0.2, 0) is 13.1 Å². The predicted molar refractivity (Wildman–Crippen MR) is 81.7 cm³/mol. The molecule has 0 radical (unpaired) electrons. The first-order valence-electron chi connectivity index (χ1n) is 7.61. The fourth-order valence-electron chi connectivity index (χ4n) is 2.85. The van der Waals surface area contributed by atoms with E-state index in [1.54, 1.807) is 4.90 Å². The highest BCUT2D eigenvalue weighted by molar-refractivity contribution is 5.50. The lowest BCUT2D eigenvalue weighted by molar-refractivity contribution is 0.546. The fraction of sp³-hybridized carbons (Fsp3) is 0.438. The van der Waals surface area contributed by atoms with Gasteiger partial charge in [0.15, 0.2) is 0 Å². The van der Waals surface area contributed by atoms with E-state index in [9.17, 15) is 8.78 Å². The molecule has 0 amide bonds. The molecule has 0 spiro atoms. The van der Waals surface area contributed by atoms with E-state index in [4.69, 9.17) is 0 Å². The van der Waals surface area contributed by atoms with E-state index in [2.05, 4.69) is 10.4 Å². The number of nitrogens with zero attached hydrogens (tertiary/aromatic N) is 3. The third-order valence-electron chi connectivity index (χ3n) is 4.05. The van der Waals surface area contributed by atoms with Crippen LogP contribution in [0.3, 0.4) is 0 Å². The molecule has 1 N–H and O–H groups in total. The highest BCUT2D eigenvalue weighted by atomic mass is 19.1. The Balaban J connectivity index is 1.58. The van der Waals surface area contributed by atoms with Gasteiger partial charge in [-0.15, -0.1) is 0 Å². The molecule has 6 heteroatoms. The summed E-state index contributed by atoms with van der Waals surface area (Å²) in [4.78, 5) is 1.78. The zero-order valence-corrected chi connectivity index (χ0v) is 12.6. The van der Waals surface area contributed by atoms with E-state index in [-0.39, 0.29) is 11.7 Å². The molecule has 2 heterocycles. The van der Waals surface area contributed by atoms with E-state index < -0.39 is 11.6 Å². The van der Waals surface area contributed by atoms with Crippen molar-refractivity contribution in [3.05, 3.63) is 47.8 Å². The molecule has 1 atom stereocenters. The maximum atomic E-state index is 13.8. The number of aryl methyl sites for hydroxylation is 1. The summed E-state index contributed by atoms with van der Waals surface area (Å²) in [5.74, 6) is -0.991. The first kappa shape index (κ1) is 15.0. The standard InChI is InChI=1S/C16H20F2N4/c1-2-22-10-12(9-20-22)8-19-13-6-7-21(11-13)16-14(17)4-3-5-15(16)18/h3-5,9-10,13,19H,2,6-8,11H2,1H3/t13-/m1/s1. The van der Waals surface area contributed by atoms with Gasteiger partial charge in [0.05, 0.1) is 6.20 Å². The molecule has 1 saturated heterocycles. The summed E-state index contributed by atoms with van der Waals surface area (Å²) in [7, 11) is 0. The minimum absolute atomic E-state index is 0.0885. The molecule has 22 heavy (non-hydrogen) atoms. The molecule has 3 rings (SSSR count). The molecule has 1 aliphatic heterocycles. The minimum atomic E-state index is -0.495.